The van der Waals surface area contributed by atoms with Gasteiger partial charge in [0.25, 0.3) is 0 Å². The lowest BCUT2D eigenvalue weighted by Gasteiger charge is -2.38. The van der Waals surface area contributed by atoms with Crippen LogP contribution in [0.1, 0.15) is 56.2 Å². The first-order valence-electron chi connectivity index (χ1n) is 9.72. The van der Waals surface area contributed by atoms with Crippen molar-refractivity contribution < 1.29 is 15.1 Å². The van der Waals surface area contributed by atoms with E-state index in [9.17, 15) is 0 Å². The molecule has 0 spiro atoms. The fourth-order valence-corrected chi connectivity index (χ4v) is 5.85. The van der Waals surface area contributed by atoms with Crippen LogP contribution in [0.2, 0.25) is 18.1 Å². The zero-order valence-corrected chi connectivity index (χ0v) is 19.3. The van der Waals surface area contributed by atoms with Gasteiger partial charge in [-0.05, 0) is 52.5 Å². The van der Waals surface area contributed by atoms with E-state index in [2.05, 4.69) is 72.9 Å². The SMILES string of the molecule is [2H]C1[C@@H](COP(C)N(C(C)C)C(C)C)OC[C@H]1O[Si](C)(C)C(C)(C)C. The average molecular weight is 379 g/mol. The minimum atomic E-state index is -1.88. The molecule has 0 bridgehead atoms. The van der Waals surface area contributed by atoms with E-state index < -0.39 is 16.6 Å². The zero-order valence-electron chi connectivity index (χ0n) is 18.4. The first-order valence-corrected chi connectivity index (χ1v) is 13.7. The van der Waals surface area contributed by atoms with Gasteiger partial charge in [0.2, 0.25) is 0 Å². The molecule has 0 radical (unpaired) electrons. The number of ether oxygens (including phenoxy) is 1. The first-order chi connectivity index (χ1) is 11.3. The molecule has 1 aliphatic rings. The van der Waals surface area contributed by atoms with E-state index in [1.165, 1.54) is 0 Å². The van der Waals surface area contributed by atoms with E-state index in [1.807, 2.05) is 0 Å². The second kappa shape index (κ2) is 8.92. The maximum absolute atomic E-state index is 8.54. The smallest absolute Gasteiger partial charge is 0.192 e. The van der Waals surface area contributed by atoms with Crippen molar-refractivity contribution in [1.29, 1.82) is 0 Å². The molecule has 1 fully saturated rings. The van der Waals surface area contributed by atoms with Crippen molar-refractivity contribution in [2.24, 2.45) is 0 Å². The summed E-state index contributed by atoms with van der Waals surface area (Å²) in [5.41, 5.74) is 0. The molecule has 0 saturated carbocycles. The standard InChI is InChI=1S/C18H40NO3PSi/c1-14(2)19(15(3)4)23(8)21-13-16-11-17(12-20-16)22-24(9,10)18(5,6)7/h14-17H,11-13H2,1-10H3/t16-,17-,23?/m0/s1/i11D/t11?,16-,17-,23?. The van der Waals surface area contributed by atoms with Crippen molar-refractivity contribution in [3.63, 3.8) is 0 Å². The molecule has 24 heavy (non-hydrogen) atoms. The molecule has 0 aromatic rings. The number of hydrogen-bond donors (Lipinski definition) is 0. The summed E-state index contributed by atoms with van der Waals surface area (Å²) in [5.74, 6) is 0. The van der Waals surface area contributed by atoms with Gasteiger partial charge in [-0.1, -0.05) is 20.8 Å². The first kappa shape index (κ1) is 20.8. The molecule has 0 amide bonds. The van der Waals surface area contributed by atoms with Gasteiger partial charge in [-0.2, -0.15) is 0 Å². The highest BCUT2D eigenvalue weighted by molar-refractivity contribution is 7.49. The van der Waals surface area contributed by atoms with Gasteiger partial charge < -0.3 is 13.7 Å². The largest absolute Gasteiger partial charge is 0.411 e. The van der Waals surface area contributed by atoms with Gasteiger partial charge in [-0.25, -0.2) is 0 Å². The summed E-state index contributed by atoms with van der Waals surface area (Å²) in [6, 6.07) is 0.893. The molecule has 6 heteroatoms. The topological polar surface area (TPSA) is 30.9 Å². The molecule has 0 aromatic heterocycles. The highest BCUT2D eigenvalue weighted by Gasteiger charge is 2.41. The third kappa shape index (κ3) is 6.33. The van der Waals surface area contributed by atoms with Crippen LogP contribution < -0.4 is 0 Å². The van der Waals surface area contributed by atoms with Crippen molar-refractivity contribution >= 4 is 16.6 Å². The summed E-state index contributed by atoms with van der Waals surface area (Å²) in [6.45, 7) is 23.1. The normalized spacial score (nSPS) is 28.0. The Hall–Kier alpha value is 0.487. The van der Waals surface area contributed by atoms with Crippen molar-refractivity contribution in [2.45, 2.75) is 97.3 Å². The Bertz CT molecular complexity index is 410. The molecular formula is C18H40NO3PSi. The minimum absolute atomic E-state index is 0.135. The second-order valence-corrected chi connectivity index (χ2v) is 15.2. The quantitative estimate of drug-likeness (QED) is 0.427. The third-order valence-corrected chi connectivity index (χ3v) is 11.6. The lowest BCUT2D eigenvalue weighted by Crippen LogP contribution is -2.44. The molecule has 1 saturated heterocycles. The predicted molar refractivity (Wildman–Crippen MR) is 107 cm³/mol. The maximum Gasteiger partial charge on any atom is 0.192 e. The molecule has 1 heterocycles. The van der Waals surface area contributed by atoms with Crippen LogP contribution in [0.3, 0.4) is 0 Å². The highest BCUT2D eigenvalue weighted by Crippen LogP contribution is 2.42. The van der Waals surface area contributed by atoms with E-state index in [1.54, 1.807) is 0 Å². The summed E-state index contributed by atoms with van der Waals surface area (Å²) in [6.07, 6.45) is -0.700. The number of hydrogen-bond acceptors (Lipinski definition) is 4. The van der Waals surface area contributed by atoms with Crippen LogP contribution in [-0.2, 0) is 13.7 Å². The minimum Gasteiger partial charge on any atom is -0.411 e. The van der Waals surface area contributed by atoms with Crippen molar-refractivity contribution in [1.82, 2.24) is 4.67 Å². The van der Waals surface area contributed by atoms with Crippen LogP contribution in [0.15, 0.2) is 0 Å². The summed E-state index contributed by atoms with van der Waals surface area (Å²) < 4.78 is 29.3. The molecule has 0 aliphatic carbocycles. The van der Waals surface area contributed by atoms with E-state index in [0.717, 1.165) is 0 Å². The predicted octanol–water partition coefficient (Wildman–Crippen LogP) is 5.24. The maximum atomic E-state index is 8.54. The van der Waals surface area contributed by atoms with Gasteiger partial charge in [0.15, 0.2) is 8.32 Å². The molecule has 0 N–H and O–H groups in total. The summed E-state index contributed by atoms with van der Waals surface area (Å²) in [7, 11) is -2.56. The fourth-order valence-electron chi connectivity index (χ4n) is 2.80. The van der Waals surface area contributed by atoms with E-state index >= 15 is 0 Å². The Morgan fingerprint density at radius 2 is 1.79 bits per heavy atom. The van der Waals surface area contributed by atoms with Gasteiger partial charge in [0, 0.05) is 19.9 Å². The van der Waals surface area contributed by atoms with E-state index in [4.69, 9.17) is 15.1 Å². The molecule has 4 nitrogen and oxygen atoms in total. The molecule has 2 unspecified atom stereocenters. The summed E-state index contributed by atoms with van der Waals surface area (Å²) in [4.78, 5) is 0. The average Bonchev–Trinajstić information content (AvgIpc) is 2.75. The van der Waals surface area contributed by atoms with Crippen LogP contribution in [0.25, 0.3) is 0 Å². The van der Waals surface area contributed by atoms with Crippen LogP contribution in [0, 0.1) is 0 Å². The van der Waals surface area contributed by atoms with Crippen LogP contribution in [0.4, 0.5) is 0 Å². The molecule has 144 valence electrons. The van der Waals surface area contributed by atoms with Crippen molar-refractivity contribution in [3.8, 4) is 0 Å². The number of nitrogens with zero attached hydrogens (tertiary/aromatic N) is 1. The monoisotopic (exact) mass is 378 g/mol. The van der Waals surface area contributed by atoms with Gasteiger partial charge in [-0.3, -0.25) is 4.67 Å². The molecule has 4 atom stereocenters. The Kier molecular flexibility index (Phi) is 7.73. The van der Waals surface area contributed by atoms with Crippen molar-refractivity contribution in [2.75, 3.05) is 19.9 Å². The molecule has 1 aliphatic heterocycles. The van der Waals surface area contributed by atoms with Crippen LogP contribution in [0.5, 0.6) is 0 Å². The van der Waals surface area contributed by atoms with Gasteiger partial charge in [0.1, 0.15) is 8.30 Å². The van der Waals surface area contributed by atoms with Crippen molar-refractivity contribution in [3.05, 3.63) is 0 Å². The lowest BCUT2D eigenvalue weighted by atomic mass is 10.2. The lowest BCUT2D eigenvalue weighted by molar-refractivity contribution is 0.0602. The molecule has 0 aromatic carbocycles. The van der Waals surface area contributed by atoms with Gasteiger partial charge >= 0.3 is 0 Å². The Morgan fingerprint density at radius 3 is 2.25 bits per heavy atom. The highest BCUT2D eigenvalue weighted by atomic mass is 31.2. The van der Waals surface area contributed by atoms with Crippen LogP contribution >= 0.6 is 8.30 Å². The second-order valence-electron chi connectivity index (χ2n) is 8.81. The Labute approximate surface area is 154 Å². The van der Waals surface area contributed by atoms with E-state index in [-0.39, 0.29) is 23.6 Å². The molecule has 1 rings (SSSR count). The zero-order chi connectivity index (χ0) is 19.6. The Balaban J connectivity index is 2.58. The Morgan fingerprint density at radius 1 is 1.25 bits per heavy atom. The third-order valence-electron chi connectivity index (χ3n) is 4.97. The van der Waals surface area contributed by atoms with Crippen LogP contribution in [-0.4, -0.2) is 57.2 Å². The summed E-state index contributed by atoms with van der Waals surface area (Å²) >= 11 is 0. The van der Waals surface area contributed by atoms with Gasteiger partial charge in [-0.15, -0.1) is 0 Å². The van der Waals surface area contributed by atoms with E-state index in [0.29, 0.717) is 25.3 Å². The summed E-state index contributed by atoms with van der Waals surface area (Å²) in [5, 5.41) is 0.147. The number of rotatable bonds is 8. The van der Waals surface area contributed by atoms with Gasteiger partial charge in [0.05, 0.1) is 25.4 Å². The fraction of sp³-hybridized carbons (Fsp3) is 1.00. The molecular weight excluding hydrogens is 337 g/mol.